The number of halogens is 3. The van der Waals surface area contributed by atoms with Crippen LogP contribution in [0, 0.1) is 17.6 Å². The second kappa shape index (κ2) is 4.68. The van der Waals surface area contributed by atoms with E-state index in [1.165, 1.54) is 0 Å². The molecule has 1 aliphatic carbocycles. The van der Waals surface area contributed by atoms with Gasteiger partial charge < -0.3 is 5.11 Å². The third-order valence-corrected chi connectivity index (χ3v) is 3.61. The van der Waals surface area contributed by atoms with Crippen LogP contribution in [0.25, 0.3) is 0 Å². The fourth-order valence-corrected chi connectivity index (χ4v) is 2.59. The number of hydrogen-bond donors (Lipinski definition) is 1. The lowest BCUT2D eigenvalue weighted by atomic mass is 9.94. The molecule has 0 amide bonds. The van der Waals surface area contributed by atoms with Crippen LogP contribution >= 0.6 is 11.6 Å². The summed E-state index contributed by atoms with van der Waals surface area (Å²) in [5.74, 6) is -1.32. The maximum atomic E-state index is 13.5. The minimum Gasteiger partial charge on any atom is -0.388 e. The lowest BCUT2D eigenvalue weighted by Gasteiger charge is -2.19. The van der Waals surface area contributed by atoms with Crippen molar-refractivity contribution in [1.82, 2.24) is 0 Å². The van der Waals surface area contributed by atoms with Gasteiger partial charge in [0.25, 0.3) is 0 Å². The Morgan fingerprint density at radius 3 is 2.38 bits per heavy atom. The lowest BCUT2D eigenvalue weighted by molar-refractivity contribution is 0.107. The zero-order valence-electron chi connectivity index (χ0n) is 8.72. The summed E-state index contributed by atoms with van der Waals surface area (Å²) in [6, 6.07) is 1.98. The quantitative estimate of drug-likeness (QED) is 0.786. The summed E-state index contributed by atoms with van der Waals surface area (Å²) in [6.45, 7) is 0. The minimum atomic E-state index is -0.995. The van der Waals surface area contributed by atoms with Crippen LogP contribution < -0.4 is 0 Å². The Morgan fingerprint density at radius 2 is 1.75 bits per heavy atom. The van der Waals surface area contributed by atoms with Crippen molar-refractivity contribution in [3.63, 3.8) is 0 Å². The first-order valence-electron chi connectivity index (χ1n) is 5.42. The van der Waals surface area contributed by atoms with E-state index in [2.05, 4.69) is 0 Å². The highest BCUT2D eigenvalue weighted by Gasteiger charge is 2.29. The highest BCUT2D eigenvalue weighted by molar-refractivity contribution is 6.31. The fraction of sp³-hybridized carbons (Fsp3) is 0.500. The number of rotatable bonds is 2. The molecular formula is C12H13ClF2O. The monoisotopic (exact) mass is 246 g/mol. The molecule has 0 aliphatic heterocycles. The number of aliphatic hydroxyl groups is 1. The number of aliphatic hydroxyl groups excluding tert-OH is 1. The molecule has 88 valence electrons. The summed E-state index contributed by atoms with van der Waals surface area (Å²) in [6.07, 6.45) is 2.73. The van der Waals surface area contributed by atoms with Crippen LogP contribution in [0.15, 0.2) is 12.1 Å². The van der Waals surface area contributed by atoms with Gasteiger partial charge in [-0.25, -0.2) is 8.78 Å². The Balaban J connectivity index is 2.34. The van der Waals surface area contributed by atoms with Crippen LogP contribution in [0.4, 0.5) is 8.78 Å². The SMILES string of the molecule is OC(c1c(F)ccc(F)c1Cl)C1CCCC1. The highest BCUT2D eigenvalue weighted by atomic mass is 35.5. The van der Waals surface area contributed by atoms with Gasteiger partial charge in [-0.3, -0.25) is 0 Å². The Hall–Kier alpha value is -0.670. The summed E-state index contributed by atoms with van der Waals surface area (Å²) < 4.78 is 26.7. The van der Waals surface area contributed by atoms with E-state index in [1.807, 2.05) is 0 Å². The van der Waals surface area contributed by atoms with Crippen LogP contribution in [-0.4, -0.2) is 5.11 Å². The summed E-state index contributed by atoms with van der Waals surface area (Å²) in [4.78, 5) is 0. The van der Waals surface area contributed by atoms with Gasteiger partial charge in [0.1, 0.15) is 11.6 Å². The van der Waals surface area contributed by atoms with Crippen LogP contribution in [0.5, 0.6) is 0 Å². The molecule has 4 heteroatoms. The van der Waals surface area contributed by atoms with Crippen molar-refractivity contribution in [3.8, 4) is 0 Å². The second-order valence-corrected chi connectivity index (χ2v) is 4.62. The largest absolute Gasteiger partial charge is 0.388 e. The molecule has 1 aromatic rings. The number of hydrogen-bond acceptors (Lipinski definition) is 1. The Bertz CT molecular complexity index is 389. The fourth-order valence-electron chi connectivity index (χ4n) is 2.32. The molecule has 1 saturated carbocycles. The first kappa shape index (κ1) is 11.8. The maximum Gasteiger partial charge on any atom is 0.142 e. The highest BCUT2D eigenvalue weighted by Crippen LogP contribution is 2.39. The molecule has 0 saturated heterocycles. The molecule has 2 rings (SSSR count). The third kappa shape index (κ3) is 2.06. The summed E-state index contributed by atoms with van der Waals surface area (Å²) >= 11 is 5.70. The third-order valence-electron chi connectivity index (χ3n) is 3.22. The Labute approximate surface area is 98.0 Å². The lowest BCUT2D eigenvalue weighted by Crippen LogP contribution is -2.12. The van der Waals surface area contributed by atoms with Crippen LogP contribution in [0.1, 0.15) is 37.4 Å². The van der Waals surface area contributed by atoms with E-state index < -0.39 is 17.7 Å². The smallest absolute Gasteiger partial charge is 0.142 e. The van der Waals surface area contributed by atoms with Gasteiger partial charge in [-0.2, -0.15) is 0 Å². The second-order valence-electron chi connectivity index (χ2n) is 4.25. The molecule has 1 fully saturated rings. The zero-order chi connectivity index (χ0) is 11.7. The molecule has 0 aromatic heterocycles. The molecule has 1 aliphatic rings. The molecule has 1 unspecified atom stereocenters. The van der Waals surface area contributed by atoms with Crippen molar-refractivity contribution < 1.29 is 13.9 Å². The van der Waals surface area contributed by atoms with E-state index in [0.29, 0.717) is 0 Å². The van der Waals surface area contributed by atoms with Gasteiger partial charge in [-0.1, -0.05) is 24.4 Å². The van der Waals surface area contributed by atoms with Crippen LogP contribution in [0.2, 0.25) is 5.02 Å². The van der Waals surface area contributed by atoms with E-state index in [4.69, 9.17) is 11.6 Å². The normalized spacial score (nSPS) is 19.0. The predicted octanol–water partition coefficient (Wildman–Crippen LogP) is 3.84. The molecule has 1 aromatic carbocycles. The standard InChI is InChI=1S/C12H13ClF2O/c13-11-9(15)6-5-8(14)10(11)12(16)7-3-1-2-4-7/h5-7,12,16H,1-4H2. The molecular weight excluding hydrogens is 234 g/mol. The molecule has 1 N–H and O–H groups in total. The van der Waals surface area contributed by atoms with Gasteiger partial charge in [0.15, 0.2) is 0 Å². The van der Waals surface area contributed by atoms with E-state index in [0.717, 1.165) is 37.8 Å². The first-order valence-corrected chi connectivity index (χ1v) is 5.80. The first-order chi connectivity index (χ1) is 7.61. The molecule has 0 spiro atoms. The summed E-state index contributed by atoms with van der Waals surface area (Å²) in [5, 5.41) is 9.72. The van der Waals surface area contributed by atoms with E-state index >= 15 is 0 Å². The van der Waals surface area contributed by atoms with Gasteiger partial charge in [0.2, 0.25) is 0 Å². The Morgan fingerprint density at radius 1 is 1.19 bits per heavy atom. The van der Waals surface area contributed by atoms with Crippen molar-refractivity contribution in [2.75, 3.05) is 0 Å². The van der Waals surface area contributed by atoms with Crippen molar-refractivity contribution in [2.45, 2.75) is 31.8 Å². The van der Waals surface area contributed by atoms with Crippen molar-refractivity contribution in [3.05, 3.63) is 34.4 Å². The van der Waals surface area contributed by atoms with Gasteiger partial charge in [-0.15, -0.1) is 0 Å². The predicted molar refractivity (Wildman–Crippen MR) is 58.3 cm³/mol. The zero-order valence-corrected chi connectivity index (χ0v) is 9.47. The molecule has 1 atom stereocenters. The molecule has 0 radical (unpaired) electrons. The van der Waals surface area contributed by atoms with Crippen LogP contribution in [0.3, 0.4) is 0 Å². The maximum absolute atomic E-state index is 13.5. The minimum absolute atomic E-state index is 0.00574. The van der Waals surface area contributed by atoms with Gasteiger partial charge >= 0.3 is 0 Å². The van der Waals surface area contributed by atoms with Crippen molar-refractivity contribution in [1.29, 1.82) is 0 Å². The average Bonchev–Trinajstić information content (AvgIpc) is 2.77. The summed E-state index contributed by atoms with van der Waals surface area (Å²) in [7, 11) is 0. The van der Waals surface area contributed by atoms with Crippen LogP contribution in [-0.2, 0) is 0 Å². The molecule has 16 heavy (non-hydrogen) atoms. The Kier molecular flexibility index (Phi) is 3.45. The van der Waals surface area contributed by atoms with Gasteiger partial charge in [-0.05, 0) is 30.9 Å². The van der Waals surface area contributed by atoms with E-state index in [9.17, 15) is 13.9 Å². The van der Waals surface area contributed by atoms with Gasteiger partial charge in [0.05, 0.1) is 11.1 Å². The van der Waals surface area contributed by atoms with E-state index in [-0.39, 0.29) is 16.5 Å². The molecule has 1 nitrogen and oxygen atoms in total. The molecule has 0 heterocycles. The van der Waals surface area contributed by atoms with Crippen molar-refractivity contribution >= 4 is 11.6 Å². The molecule has 0 bridgehead atoms. The van der Waals surface area contributed by atoms with Gasteiger partial charge in [0, 0.05) is 5.56 Å². The van der Waals surface area contributed by atoms with E-state index in [1.54, 1.807) is 0 Å². The summed E-state index contributed by atoms with van der Waals surface area (Å²) in [5.41, 5.74) is -0.0893. The number of benzene rings is 1. The average molecular weight is 247 g/mol. The topological polar surface area (TPSA) is 20.2 Å². The van der Waals surface area contributed by atoms with Crippen molar-refractivity contribution in [2.24, 2.45) is 5.92 Å².